The maximum absolute atomic E-state index is 11.4. The molecule has 0 aliphatic heterocycles. The average Bonchev–Trinajstić information content (AvgIpc) is 2.37. The molecule has 0 N–H and O–H groups in total. The fraction of sp³-hybridized carbons (Fsp3) is 0.385. The van der Waals surface area contributed by atoms with Crippen LogP contribution in [0.3, 0.4) is 0 Å². The Morgan fingerprint density at radius 2 is 1.82 bits per heavy atom. The summed E-state index contributed by atoms with van der Waals surface area (Å²) in [5, 5.41) is 0. The van der Waals surface area contributed by atoms with Gasteiger partial charge in [0.15, 0.2) is 0 Å². The highest BCUT2D eigenvalue weighted by Crippen LogP contribution is 2.08. The average molecular weight is 235 g/mol. The molecule has 0 saturated carbocycles. The second kappa shape index (κ2) is 6.03. The van der Waals surface area contributed by atoms with Gasteiger partial charge in [-0.25, -0.2) is 4.79 Å². The third kappa shape index (κ3) is 3.59. The molecule has 0 spiro atoms. The molecule has 0 bridgehead atoms. The smallest absolute Gasteiger partial charge is 0.337 e. The van der Waals surface area contributed by atoms with Crippen LogP contribution in [-0.2, 0) is 16.1 Å². The molecule has 4 nitrogen and oxygen atoms in total. The summed E-state index contributed by atoms with van der Waals surface area (Å²) in [5.74, 6) is -0.253. The third-order valence-corrected chi connectivity index (χ3v) is 2.52. The highest BCUT2D eigenvalue weighted by molar-refractivity contribution is 5.89. The van der Waals surface area contributed by atoms with Crippen LogP contribution in [0.15, 0.2) is 24.3 Å². The number of hydrogen-bond acceptors (Lipinski definition) is 3. The molecule has 0 fully saturated rings. The number of rotatable bonds is 4. The van der Waals surface area contributed by atoms with Crippen LogP contribution in [-0.4, -0.2) is 30.9 Å². The zero-order valence-corrected chi connectivity index (χ0v) is 10.4. The highest BCUT2D eigenvalue weighted by Gasteiger charge is 2.08. The molecule has 1 aromatic rings. The zero-order chi connectivity index (χ0) is 12.8. The summed E-state index contributed by atoms with van der Waals surface area (Å²) in [5.41, 5.74) is 1.50. The molecule has 0 atom stereocenters. The Kier molecular flexibility index (Phi) is 4.69. The summed E-state index contributed by atoms with van der Waals surface area (Å²) >= 11 is 0. The van der Waals surface area contributed by atoms with Crippen molar-refractivity contribution in [1.29, 1.82) is 0 Å². The summed E-state index contributed by atoms with van der Waals surface area (Å²) in [7, 11) is 3.12. The van der Waals surface area contributed by atoms with E-state index in [1.165, 1.54) is 7.11 Å². The van der Waals surface area contributed by atoms with Gasteiger partial charge in [-0.2, -0.15) is 0 Å². The number of carbonyl (C=O) groups excluding carboxylic acids is 2. The minimum Gasteiger partial charge on any atom is -0.465 e. The van der Waals surface area contributed by atoms with Crippen molar-refractivity contribution in [2.75, 3.05) is 14.2 Å². The number of nitrogens with zero attached hydrogens (tertiary/aromatic N) is 1. The van der Waals surface area contributed by atoms with Gasteiger partial charge in [0.2, 0.25) is 5.91 Å². The summed E-state index contributed by atoms with van der Waals surface area (Å²) in [6.07, 6.45) is 0.497. The maximum Gasteiger partial charge on any atom is 0.337 e. The first-order valence-electron chi connectivity index (χ1n) is 5.49. The van der Waals surface area contributed by atoms with Crippen molar-refractivity contribution in [2.24, 2.45) is 0 Å². The SMILES string of the molecule is CCC(=O)N(C)Cc1ccc(C(=O)OC)cc1. The molecule has 17 heavy (non-hydrogen) atoms. The van der Waals surface area contributed by atoms with Crippen LogP contribution < -0.4 is 0 Å². The second-order valence-electron chi connectivity index (χ2n) is 3.79. The Labute approximate surface area is 101 Å². The Bertz CT molecular complexity index is 398. The van der Waals surface area contributed by atoms with E-state index in [0.29, 0.717) is 18.5 Å². The van der Waals surface area contributed by atoms with Gasteiger partial charge >= 0.3 is 5.97 Å². The van der Waals surface area contributed by atoms with Crippen molar-refractivity contribution in [3.05, 3.63) is 35.4 Å². The Balaban J connectivity index is 2.68. The number of methoxy groups -OCH3 is 1. The molecule has 1 amide bonds. The number of amides is 1. The van der Waals surface area contributed by atoms with E-state index in [2.05, 4.69) is 4.74 Å². The monoisotopic (exact) mass is 235 g/mol. The lowest BCUT2D eigenvalue weighted by Crippen LogP contribution is -2.25. The van der Waals surface area contributed by atoms with E-state index >= 15 is 0 Å². The predicted molar refractivity (Wildman–Crippen MR) is 64.5 cm³/mol. The summed E-state index contributed by atoms with van der Waals surface area (Å²) in [4.78, 5) is 24.3. The van der Waals surface area contributed by atoms with Crippen LogP contribution >= 0.6 is 0 Å². The molecule has 4 heteroatoms. The third-order valence-electron chi connectivity index (χ3n) is 2.52. The second-order valence-corrected chi connectivity index (χ2v) is 3.79. The number of esters is 1. The molecule has 0 aliphatic carbocycles. The maximum atomic E-state index is 11.4. The van der Waals surface area contributed by atoms with Crippen LogP contribution in [0.5, 0.6) is 0 Å². The van der Waals surface area contributed by atoms with Crippen LogP contribution in [0.4, 0.5) is 0 Å². The first-order chi connectivity index (χ1) is 8.08. The molecular weight excluding hydrogens is 218 g/mol. The minimum atomic E-state index is -0.352. The van der Waals surface area contributed by atoms with E-state index < -0.39 is 0 Å². The van der Waals surface area contributed by atoms with Gasteiger partial charge in [0.05, 0.1) is 12.7 Å². The molecule has 0 saturated heterocycles. The van der Waals surface area contributed by atoms with Gasteiger partial charge in [0, 0.05) is 20.0 Å². The van der Waals surface area contributed by atoms with Gasteiger partial charge < -0.3 is 9.64 Å². The quantitative estimate of drug-likeness (QED) is 0.748. The molecule has 1 rings (SSSR count). The van der Waals surface area contributed by atoms with E-state index in [9.17, 15) is 9.59 Å². The molecule has 0 aliphatic rings. The van der Waals surface area contributed by atoms with Gasteiger partial charge in [-0.1, -0.05) is 19.1 Å². The van der Waals surface area contributed by atoms with E-state index in [1.807, 2.05) is 19.1 Å². The number of carbonyl (C=O) groups is 2. The normalized spacial score (nSPS) is 9.82. The van der Waals surface area contributed by atoms with Crippen LogP contribution in [0.1, 0.15) is 29.3 Å². The highest BCUT2D eigenvalue weighted by atomic mass is 16.5. The van der Waals surface area contributed by atoms with Gasteiger partial charge in [0.1, 0.15) is 0 Å². The van der Waals surface area contributed by atoms with Gasteiger partial charge in [-0.3, -0.25) is 4.79 Å². The largest absolute Gasteiger partial charge is 0.465 e. The molecule has 0 aromatic heterocycles. The topological polar surface area (TPSA) is 46.6 Å². The minimum absolute atomic E-state index is 0.0991. The Hall–Kier alpha value is -1.84. The van der Waals surface area contributed by atoms with E-state index in [0.717, 1.165) is 5.56 Å². The van der Waals surface area contributed by atoms with E-state index in [-0.39, 0.29) is 11.9 Å². The summed E-state index contributed by atoms with van der Waals surface area (Å²) in [6.45, 7) is 2.38. The van der Waals surface area contributed by atoms with Crippen molar-refractivity contribution < 1.29 is 14.3 Å². The van der Waals surface area contributed by atoms with E-state index in [1.54, 1.807) is 24.1 Å². The van der Waals surface area contributed by atoms with Gasteiger partial charge in [-0.15, -0.1) is 0 Å². The van der Waals surface area contributed by atoms with Crippen molar-refractivity contribution in [2.45, 2.75) is 19.9 Å². The lowest BCUT2D eigenvalue weighted by Gasteiger charge is -2.16. The summed E-state index contributed by atoms with van der Waals surface area (Å²) < 4.78 is 4.61. The fourth-order valence-electron chi connectivity index (χ4n) is 1.50. The summed E-state index contributed by atoms with van der Waals surface area (Å²) in [6, 6.07) is 7.05. The molecular formula is C13H17NO3. The van der Waals surface area contributed by atoms with Crippen molar-refractivity contribution >= 4 is 11.9 Å². The molecule has 1 aromatic carbocycles. The lowest BCUT2D eigenvalue weighted by atomic mass is 10.1. The molecule has 0 heterocycles. The van der Waals surface area contributed by atoms with Gasteiger partial charge in [-0.05, 0) is 17.7 Å². The molecule has 0 radical (unpaired) electrons. The van der Waals surface area contributed by atoms with E-state index in [4.69, 9.17) is 0 Å². The van der Waals surface area contributed by atoms with Crippen molar-refractivity contribution in [3.63, 3.8) is 0 Å². The van der Waals surface area contributed by atoms with Crippen LogP contribution in [0, 0.1) is 0 Å². The van der Waals surface area contributed by atoms with Crippen LogP contribution in [0.2, 0.25) is 0 Å². The number of benzene rings is 1. The standard InChI is InChI=1S/C13H17NO3/c1-4-12(15)14(2)9-10-5-7-11(8-6-10)13(16)17-3/h5-8H,4,9H2,1-3H3. The molecule has 0 unspecified atom stereocenters. The first-order valence-corrected chi connectivity index (χ1v) is 5.49. The Morgan fingerprint density at radius 1 is 1.24 bits per heavy atom. The molecule has 92 valence electrons. The van der Waals surface area contributed by atoms with Crippen molar-refractivity contribution in [1.82, 2.24) is 4.90 Å². The predicted octanol–water partition coefficient (Wildman–Crippen LogP) is 1.84. The van der Waals surface area contributed by atoms with Crippen molar-refractivity contribution in [3.8, 4) is 0 Å². The zero-order valence-electron chi connectivity index (χ0n) is 10.4. The fourth-order valence-corrected chi connectivity index (χ4v) is 1.50. The lowest BCUT2D eigenvalue weighted by molar-refractivity contribution is -0.130. The van der Waals surface area contributed by atoms with Gasteiger partial charge in [0.25, 0.3) is 0 Å². The van der Waals surface area contributed by atoms with Crippen LogP contribution in [0.25, 0.3) is 0 Å². The number of hydrogen-bond donors (Lipinski definition) is 0. The first kappa shape index (κ1) is 13.2. The number of ether oxygens (including phenoxy) is 1. The Morgan fingerprint density at radius 3 is 2.29 bits per heavy atom.